The number of hydrogen-bond donors (Lipinski definition) is 4. The summed E-state index contributed by atoms with van der Waals surface area (Å²) >= 11 is 1.64. The number of carbonyl (C=O) groups excluding carboxylic acids is 1. The van der Waals surface area contributed by atoms with Crippen LogP contribution < -0.4 is 20.9 Å². The van der Waals surface area contributed by atoms with E-state index in [-0.39, 0.29) is 33.8 Å². The third kappa shape index (κ3) is 3.90. The fourth-order valence-corrected chi connectivity index (χ4v) is 5.63. The molecule has 0 bridgehead atoms. The minimum atomic E-state index is -3.62. The standard InChI is InChI=1S/C17H24N6O3S2/c1-10(24)18-9-15-19-13-5-4-12(28(25,26)22-17(3)6-7-17)8-14(13)23(15)16-21-20-11(2)27-16/h4-5,8,11,16,20-22H,6-7,9H2,1-3H3,(H,18,24). The molecular weight excluding hydrogens is 400 g/mol. The highest BCUT2D eigenvalue weighted by Crippen LogP contribution is 2.37. The van der Waals surface area contributed by atoms with Crippen molar-refractivity contribution in [2.45, 2.75) is 61.5 Å². The van der Waals surface area contributed by atoms with E-state index in [1.54, 1.807) is 30.0 Å². The molecule has 1 saturated heterocycles. The number of nitrogens with zero attached hydrogens (tertiary/aromatic N) is 2. The summed E-state index contributed by atoms with van der Waals surface area (Å²) in [5.41, 5.74) is 7.21. The predicted octanol–water partition coefficient (Wildman–Crippen LogP) is 1.15. The number of imidazole rings is 1. The minimum absolute atomic E-state index is 0.151. The summed E-state index contributed by atoms with van der Waals surface area (Å²) in [7, 11) is -3.62. The number of rotatable bonds is 6. The first-order valence-corrected chi connectivity index (χ1v) is 11.6. The van der Waals surface area contributed by atoms with E-state index < -0.39 is 10.0 Å². The number of sulfonamides is 1. The molecule has 2 heterocycles. The first-order chi connectivity index (χ1) is 13.2. The minimum Gasteiger partial charge on any atom is -0.349 e. The average molecular weight is 425 g/mol. The van der Waals surface area contributed by atoms with Gasteiger partial charge in [0.1, 0.15) is 11.3 Å². The zero-order valence-electron chi connectivity index (χ0n) is 15.9. The number of thioether (sulfide) groups is 1. The lowest BCUT2D eigenvalue weighted by molar-refractivity contribution is -0.119. The Kier molecular flexibility index (Phi) is 4.91. The Morgan fingerprint density at radius 1 is 1.39 bits per heavy atom. The molecule has 2 unspecified atom stereocenters. The number of hydrogen-bond acceptors (Lipinski definition) is 7. The maximum absolute atomic E-state index is 12.8. The van der Waals surface area contributed by atoms with Crippen LogP contribution in [0.4, 0.5) is 0 Å². The van der Waals surface area contributed by atoms with Gasteiger partial charge in [-0.1, -0.05) is 11.8 Å². The monoisotopic (exact) mass is 424 g/mol. The lowest BCUT2D eigenvalue weighted by atomic mass is 10.3. The van der Waals surface area contributed by atoms with Gasteiger partial charge in [-0.05, 0) is 44.9 Å². The quantitative estimate of drug-likeness (QED) is 0.549. The number of benzene rings is 1. The molecule has 1 aromatic heterocycles. The van der Waals surface area contributed by atoms with Crippen LogP contribution in [0.15, 0.2) is 23.1 Å². The zero-order chi connectivity index (χ0) is 20.1. The smallest absolute Gasteiger partial charge is 0.241 e. The van der Waals surface area contributed by atoms with Crippen molar-refractivity contribution in [3.63, 3.8) is 0 Å². The van der Waals surface area contributed by atoms with Gasteiger partial charge >= 0.3 is 0 Å². The maximum atomic E-state index is 12.8. The van der Waals surface area contributed by atoms with Gasteiger partial charge in [0.2, 0.25) is 15.9 Å². The number of fused-ring (bicyclic) bond motifs is 1. The fraction of sp³-hybridized carbons (Fsp3) is 0.529. The zero-order valence-corrected chi connectivity index (χ0v) is 17.6. The number of nitrogens with one attached hydrogen (secondary N) is 4. The molecular formula is C17H24N6O3S2. The molecule has 9 nitrogen and oxygen atoms in total. The molecule has 1 aliphatic carbocycles. The van der Waals surface area contributed by atoms with Crippen molar-refractivity contribution in [3.05, 3.63) is 24.0 Å². The van der Waals surface area contributed by atoms with E-state index in [4.69, 9.17) is 0 Å². The summed E-state index contributed by atoms with van der Waals surface area (Å²) in [6.45, 7) is 5.65. The van der Waals surface area contributed by atoms with E-state index >= 15 is 0 Å². The Labute approximate surface area is 168 Å². The van der Waals surface area contributed by atoms with Crippen LogP contribution in [0.25, 0.3) is 11.0 Å². The Hall–Kier alpha value is -1.66. The summed E-state index contributed by atoms with van der Waals surface area (Å²) in [5, 5.41) is 2.95. The largest absolute Gasteiger partial charge is 0.349 e. The number of aromatic nitrogens is 2. The molecule has 2 atom stereocenters. The van der Waals surface area contributed by atoms with E-state index in [0.717, 1.165) is 12.8 Å². The van der Waals surface area contributed by atoms with Crippen LogP contribution in [-0.4, -0.2) is 34.8 Å². The van der Waals surface area contributed by atoms with E-state index in [1.807, 2.05) is 18.4 Å². The highest BCUT2D eigenvalue weighted by Gasteiger charge is 2.41. The first kappa shape index (κ1) is 19.6. The number of amides is 1. The summed E-state index contributed by atoms with van der Waals surface area (Å²) in [5.74, 6) is 0.505. The predicted molar refractivity (Wildman–Crippen MR) is 108 cm³/mol. The van der Waals surface area contributed by atoms with E-state index in [2.05, 4.69) is 25.9 Å². The molecule has 11 heteroatoms. The lowest BCUT2D eigenvalue weighted by Gasteiger charge is -2.17. The van der Waals surface area contributed by atoms with Gasteiger partial charge in [-0.3, -0.25) is 9.36 Å². The molecule has 4 rings (SSSR count). The van der Waals surface area contributed by atoms with Crippen molar-refractivity contribution in [1.29, 1.82) is 0 Å². The Morgan fingerprint density at radius 2 is 2.14 bits per heavy atom. The van der Waals surface area contributed by atoms with Crippen molar-refractivity contribution in [2.24, 2.45) is 0 Å². The van der Waals surface area contributed by atoms with Gasteiger partial charge in [-0.25, -0.2) is 29.0 Å². The SMILES string of the molecule is CC(=O)NCc1nc2ccc(S(=O)(=O)NC3(C)CC3)cc2n1C1NNC(C)S1. The highest BCUT2D eigenvalue weighted by molar-refractivity contribution is 8.00. The second kappa shape index (κ2) is 6.99. The number of hydrazine groups is 1. The van der Waals surface area contributed by atoms with E-state index in [0.29, 0.717) is 16.9 Å². The van der Waals surface area contributed by atoms with Crippen molar-refractivity contribution < 1.29 is 13.2 Å². The summed E-state index contributed by atoms with van der Waals surface area (Å²) in [6, 6.07) is 4.94. The van der Waals surface area contributed by atoms with E-state index in [1.165, 1.54) is 6.92 Å². The Morgan fingerprint density at radius 3 is 2.75 bits per heavy atom. The maximum Gasteiger partial charge on any atom is 0.241 e. The van der Waals surface area contributed by atoms with Crippen molar-refractivity contribution in [1.82, 2.24) is 30.4 Å². The van der Waals surface area contributed by atoms with Gasteiger partial charge in [0.25, 0.3) is 0 Å². The Bertz CT molecular complexity index is 1030. The van der Waals surface area contributed by atoms with Gasteiger partial charge in [0.15, 0.2) is 0 Å². The summed E-state index contributed by atoms with van der Waals surface area (Å²) in [4.78, 5) is 16.2. The summed E-state index contributed by atoms with van der Waals surface area (Å²) in [6.07, 6.45) is 1.69. The molecule has 0 radical (unpaired) electrons. The molecule has 2 aliphatic rings. The summed E-state index contributed by atoms with van der Waals surface area (Å²) < 4.78 is 30.3. The molecule has 1 saturated carbocycles. The van der Waals surface area contributed by atoms with Crippen molar-refractivity contribution >= 4 is 38.7 Å². The van der Waals surface area contributed by atoms with Gasteiger partial charge in [-0.15, -0.1) is 0 Å². The fourth-order valence-electron chi connectivity index (χ4n) is 3.13. The van der Waals surface area contributed by atoms with Crippen LogP contribution in [0.5, 0.6) is 0 Å². The number of carbonyl (C=O) groups is 1. The molecule has 2 aromatic rings. The van der Waals surface area contributed by atoms with Crippen LogP contribution in [-0.2, 0) is 21.4 Å². The molecule has 28 heavy (non-hydrogen) atoms. The average Bonchev–Trinajstić information content (AvgIpc) is 3.03. The van der Waals surface area contributed by atoms with Gasteiger partial charge in [0, 0.05) is 12.5 Å². The molecule has 1 amide bonds. The third-order valence-electron chi connectivity index (χ3n) is 4.90. The van der Waals surface area contributed by atoms with Crippen LogP contribution >= 0.6 is 11.8 Å². The lowest BCUT2D eigenvalue weighted by Crippen LogP contribution is -2.34. The molecule has 1 aromatic carbocycles. The van der Waals surface area contributed by atoms with Crippen molar-refractivity contribution in [3.8, 4) is 0 Å². The van der Waals surface area contributed by atoms with Crippen molar-refractivity contribution in [2.75, 3.05) is 0 Å². The second-order valence-corrected chi connectivity index (χ2v) is 10.7. The molecule has 152 valence electrons. The Balaban J connectivity index is 1.77. The molecule has 4 N–H and O–H groups in total. The van der Waals surface area contributed by atoms with Crippen LogP contribution in [0.1, 0.15) is 44.9 Å². The topological polar surface area (TPSA) is 117 Å². The normalized spacial score (nSPS) is 23.8. The first-order valence-electron chi connectivity index (χ1n) is 9.13. The molecule has 2 fully saturated rings. The molecule has 0 spiro atoms. The van der Waals surface area contributed by atoms with Crippen LogP contribution in [0.3, 0.4) is 0 Å². The molecule has 1 aliphatic heterocycles. The second-order valence-electron chi connectivity index (χ2n) is 7.54. The third-order valence-corrected chi connectivity index (χ3v) is 7.65. The van der Waals surface area contributed by atoms with Crippen LogP contribution in [0, 0.1) is 0 Å². The van der Waals surface area contributed by atoms with Crippen LogP contribution in [0.2, 0.25) is 0 Å². The van der Waals surface area contributed by atoms with Gasteiger partial charge < -0.3 is 5.32 Å². The van der Waals surface area contributed by atoms with E-state index in [9.17, 15) is 13.2 Å². The van der Waals surface area contributed by atoms with Gasteiger partial charge in [0.05, 0.1) is 27.8 Å². The highest BCUT2D eigenvalue weighted by atomic mass is 32.2. The van der Waals surface area contributed by atoms with Gasteiger partial charge in [-0.2, -0.15) is 0 Å².